The third-order valence-electron chi connectivity index (χ3n) is 2.35. The Hall–Kier alpha value is -1.46. The number of nitrogens with zero attached hydrogens (tertiary/aromatic N) is 3. The van der Waals surface area contributed by atoms with Crippen molar-refractivity contribution in [3.63, 3.8) is 0 Å². The Morgan fingerprint density at radius 3 is 2.44 bits per heavy atom. The zero-order chi connectivity index (χ0) is 12.7. The Morgan fingerprint density at radius 2 is 2.00 bits per heavy atom. The monoisotopic (exact) mass is 228 g/mol. The van der Waals surface area contributed by atoms with Gasteiger partial charge in [0.2, 0.25) is 11.9 Å². The number of hydrazone groups is 1. The number of nitrogens with two attached hydrogens (primary N) is 1. The first-order chi connectivity index (χ1) is 7.40. The molecule has 0 saturated heterocycles. The van der Waals surface area contributed by atoms with Crippen molar-refractivity contribution in [2.24, 2.45) is 10.8 Å². The predicted octanol–water partition coefficient (Wildman–Crippen LogP) is 0.422. The van der Waals surface area contributed by atoms with E-state index in [-0.39, 0.29) is 12.0 Å². The summed E-state index contributed by atoms with van der Waals surface area (Å²) in [4.78, 5) is 3.62. The minimum Gasteiger partial charge on any atom is -0.368 e. The van der Waals surface area contributed by atoms with Crippen LogP contribution in [0, 0.1) is 5.41 Å². The molecular formula is C10H24N6. The Morgan fingerprint density at radius 1 is 1.44 bits per heavy atom. The topological polar surface area (TPSA) is 80.7 Å². The van der Waals surface area contributed by atoms with E-state index in [4.69, 9.17) is 11.1 Å². The van der Waals surface area contributed by atoms with Gasteiger partial charge in [-0.2, -0.15) is 0 Å². The van der Waals surface area contributed by atoms with Crippen LogP contribution in [0.3, 0.4) is 0 Å². The van der Waals surface area contributed by atoms with E-state index in [2.05, 4.69) is 17.5 Å². The van der Waals surface area contributed by atoms with Crippen LogP contribution in [0.5, 0.6) is 0 Å². The molecule has 0 spiro atoms. The van der Waals surface area contributed by atoms with E-state index in [9.17, 15) is 0 Å². The number of hydrogen-bond acceptors (Lipinski definition) is 2. The molecule has 6 nitrogen and oxygen atoms in total. The van der Waals surface area contributed by atoms with Gasteiger partial charge in [0.25, 0.3) is 0 Å². The molecule has 0 atom stereocenters. The van der Waals surface area contributed by atoms with Gasteiger partial charge in [-0.05, 0) is 20.3 Å². The van der Waals surface area contributed by atoms with Gasteiger partial charge in [-0.25, -0.2) is 5.43 Å². The van der Waals surface area contributed by atoms with Crippen molar-refractivity contribution >= 4 is 11.9 Å². The molecule has 0 aliphatic rings. The molecule has 0 rings (SSSR count). The van der Waals surface area contributed by atoms with Crippen LogP contribution < -0.4 is 11.2 Å². The molecule has 0 heterocycles. The molecule has 16 heavy (non-hydrogen) atoms. The molecule has 6 heteroatoms. The maximum Gasteiger partial charge on any atom is 0.214 e. The van der Waals surface area contributed by atoms with Crippen LogP contribution >= 0.6 is 0 Å². The summed E-state index contributed by atoms with van der Waals surface area (Å²) in [5, 5.41) is 11.6. The summed E-state index contributed by atoms with van der Waals surface area (Å²) in [6.45, 7) is 6.93. The van der Waals surface area contributed by atoms with Gasteiger partial charge >= 0.3 is 0 Å². The molecule has 0 unspecified atom stereocenters. The minimum atomic E-state index is 0.252. The van der Waals surface area contributed by atoms with Crippen LogP contribution in [0.15, 0.2) is 5.10 Å². The van der Waals surface area contributed by atoms with Gasteiger partial charge in [0, 0.05) is 26.7 Å². The maximum atomic E-state index is 7.67. The smallest absolute Gasteiger partial charge is 0.214 e. The quantitative estimate of drug-likeness (QED) is 0.370. The fourth-order valence-electron chi connectivity index (χ4n) is 0.986. The molecule has 0 aromatic rings. The Kier molecular flexibility index (Phi) is 6.29. The van der Waals surface area contributed by atoms with E-state index >= 15 is 0 Å². The minimum absolute atomic E-state index is 0.252. The second-order valence-electron chi connectivity index (χ2n) is 4.06. The highest BCUT2D eigenvalue weighted by Gasteiger charge is 2.06. The first-order valence-corrected chi connectivity index (χ1v) is 5.51. The van der Waals surface area contributed by atoms with Crippen LogP contribution in [0.4, 0.5) is 0 Å². The zero-order valence-corrected chi connectivity index (χ0v) is 10.9. The SMILES string of the molecule is CCCN(C)C(=N)NN=C(N)N(C)C(C)C. The summed E-state index contributed by atoms with van der Waals surface area (Å²) in [6.07, 6.45) is 0.992. The predicted molar refractivity (Wildman–Crippen MR) is 68.3 cm³/mol. The fraction of sp³-hybridized carbons (Fsp3) is 0.800. The van der Waals surface area contributed by atoms with E-state index in [0.29, 0.717) is 5.96 Å². The molecule has 0 aromatic carbocycles. The van der Waals surface area contributed by atoms with Crippen LogP contribution in [-0.2, 0) is 0 Å². The fourth-order valence-corrected chi connectivity index (χ4v) is 0.986. The van der Waals surface area contributed by atoms with Crippen molar-refractivity contribution in [3.8, 4) is 0 Å². The normalized spacial score (nSPS) is 11.5. The van der Waals surface area contributed by atoms with Gasteiger partial charge < -0.3 is 15.5 Å². The Balaban J connectivity index is 4.21. The lowest BCUT2D eigenvalue weighted by molar-refractivity contribution is 0.409. The van der Waals surface area contributed by atoms with Crippen LogP contribution in [0.25, 0.3) is 0 Å². The third-order valence-corrected chi connectivity index (χ3v) is 2.35. The van der Waals surface area contributed by atoms with E-state index in [1.165, 1.54) is 0 Å². The van der Waals surface area contributed by atoms with E-state index in [1.807, 2.05) is 32.8 Å². The van der Waals surface area contributed by atoms with Crippen molar-refractivity contribution in [2.45, 2.75) is 33.2 Å². The molecular weight excluding hydrogens is 204 g/mol. The number of rotatable bonds is 4. The summed E-state index contributed by atoms with van der Waals surface area (Å²) in [5.41, 5.74) is 8.37. The third kappa shape index (κ3) is 4.86. The lowest BCUT2D eigenvalue weighted by Crippen LogP contribution is -2.42. The summed E-state index contributed by atoms with van der Waals surface area (Å²) in [6, 6.07) is 0.285. The molecule has 0 aromatic heterocycles. The van der Waals surface area contributed by atoms with E-state index < -0.39 is 0 Å². The first kappa shape index (κ1) is 14.5. The number of nitrogens with one attached hydrogen (secondary N) is 2. The second-order valence-corrected chi connectivity index (χ2v) is 4.06. The molecule has 0 amide bonds. The average Bonchev–Trinajstić information content (AvgIpc) is 2.24. The highest BCUT2D eigenvalue weighted by atomic mass is 15.5. The number of guanidine groups is 2. The molecule has 0 bridgehead atoms. The Bertz CT molecular complexity index is 248. The van der Waals surface area contributed by atoms with Crippen molar-refractivity contribution in [3.05, 3.63) is 0 Å². The molecule has 0 fully saturated rings. The van der Waals surface area contributed by atoms with Gasteiger partial charge in [0.15, 0.2) is 0 Å². The summed E-state index contributed by atoms with van der Waals surface area (Å²) >= 11 is 0. The second kappa shape index (κ2) is 6.92. The molecule has 0 radical (unpaired) electrons. The van der Waals surface area contributed by atoms with Gasteiger partial charge in [-0.1, -0.05) is 6.92 Å². The van der Waals surface area contributed by atoms with Gasteiger partial charge in [0.05, 0.1) is 0 Å². The van der Waals surface area contributed by atoms with Crippen molar-refractivity contribution < 1.29 is 0 Å². The van der Waals surface area contributed by atoms with Crippen LogP contribution in [0.2, 0.25) is 0 Å². The summed E-state index contributed by atoms with van der Waals surface area (Å²) < 4.78 is 0. The molecule has 0 saturated carbocycles. The molecule has 4 N–H and O–H groups in total. The summed E-state index contributed by atoms with van der Waals surface area (Å²) in [7, 11) is 3.71. The lowest BCUT2D eigenvalue weighted by Gasteiger charge is -2.23. The summed E-state index contributed by atoms with van der Waals surface area (Å²) in [5.74, 6) is 0.631. The van der Waals surface area contributed by atoms with Crippen molar-refractivity contribution in [2.75, 3.05) is 20.6 Å². The van der Waals surface area contributed by atoms with Crippen molar-refractivity contribution in [1.29, 1.82) is 5.41 Å². The highest BCUT2D eigenvalue weighted by Crippen LogP contribution is 1.92. The maximum absolute atomic E-state index is 7.67. The van der Waals surface area contributed by atoms with Gasteiger partial charge in [0.1, 0.15) is 0 Å². The van der Waals surface area contributed by atoms with Gasteiger partial charge in [-0.3, -0.25) is 5.41 Å². The number of hydrogen-bond donors (Lipinski definition) is 3. The average molecular weight is 228 g/mol. The molecule has 94 valence electrons. The Labute approximate surface area is 98.0 Å². The van der Waals surface area contributed by atoms with Crippen molar-refractivity contribution in [1.82, 2.24) is 15.2 Å². The zero-order valence-electron chi connectivity index (χ0n) is 10.9. The van der Waals surface area contributed by atoms with Crippen LogP contribution in [-0.4, -0.2) is 48.4 Å². The first-order valence-electron chi connectivity index (χ1n) is 5.51. The lowest BCUT2D eigenvalue weighted by atomic mass is 10.4. The largest absolute Gasteiger partial charge is 0.368 e. The van der Waals surface area contributed by atoms with E-state index in [1.54, 1.807) is 4.90 Å². The standard InChI is InChI=1S/C10H24N6/c1-6-7-15(4)9(11)13-14-10(12)16(5)8(2)3/h8H,6-7H2,1-5H3,(H2,11,13)(H2,12,14). The molecule has 0 aliphatic carbocycles. The van der Waals surface area contributed by atoms with Crippen LogP contribution in [0.1, 0.15) is 27.2 Å². The molecule has 0 aliphatic heterocycles. The van der Waals surface area contributed by atoms with Gasteiger partial charge in [-0.15, -0.1) is 5.10 Å². The van der Waals surface area contributed by atoms with E-state index in [0.717, 1.165) is 13.0 Å². The highest BCUT2D eigenvalue weighted by molar-refractivity contribution is 5.81.